The second-order valence-electron chi connectivity index (χ2n) is 4.80. The van der Waals surface area contributed by atoms with Gasteiger partial charge >= 0.3 is 0 Å². The van der Waals surface area contributed by atoms with Crippen molar-refractivity contribution in [1.82, 2.24) is 9.97 Å². The summed E-state index contributed by atoms with van der Waals surface area (Å²) in [6, 6.07) is 0. The maximum atomic E-state index is 5.80. The van der Waals surface area contributed by atoms with Crippen LogP contribution in [0.1, 0.15) is 50.5 Å². The molecule has 0 spiro atoms. The van der Waals surface area contributed by atoms with Gasteiger partial charge in [-0.1, -0.05) is 38.4 Å². The van der Waals surface area contributed by atoms with Crippen LogP contribution in [0.15, 0.2) is 4.47 Å². The third-order valence-electron chi connectivity index (χ3n) is 3.77. The van der Waals surface area contributed by atoms with E-state index in [4.69, 9.17) is 17.0 Å². The molecule has 1 fully saturated rings. The van der Waals surface area contributed by atoms with Crippen LogP contribution in [0.2, 0.25) is 0 Å². The van der Waals surface area contributed by atoms with Gasteiger partial charge in [0.2, 0.25) is 0 Å². The van der Waals surface area contributed by atoms with Gasteiger partial charge in [0.1, 0.15) is 16.1 Å². The lowest BCUT2D eigenvalue weighted by atomic mass is 9.84. The topological polar surface area (TPSA) is 37.9 Å². The molecule has 0 aromatic carbocycles. The van der Waals surface area contributed by atoms with Crippen molar-refractivity contribution < 1.29 is 4.74 Å². The molecular weight excluding hydrogens is 312 g/mol. The van der Waals surface area contributed by atoms with Crippen LogP contribution in [0, 0.1) is 4.64 Å². The second-order valence-corrected chi connectivity index (χ2v) is 5.98. The first-order valence-corrected chi connectivity index (χ1v) is 7.67. The number of halogens is 1. The van der Waals surface area contributed by atoms with E-state index in [-0.39, 0.29) is 5.60 Å². The summed E-state index contributed by atoms with van der Waals surface area (Å²) in [6.07, 6.45) is 6.60. The summed E-state index contributed by atoms with van der Waals surface area (Å²) >= 11 is 8.83. The minimum Gasteiger partial charge on any atom is -0.370 e. The summed E-state index contributed by atoms with van der Waals surface area (Å²) in [4.78, 5) is 7.95. The highest BCUT2D eigenvalue weighted by Crippen LogP contribution is 2.38. The predicted molar refractivity (Wildman–Crippen MR) is 78.3 cm³/mol. The van der Waals surface area contributed by atoms with Crippen LogP contribution in [0.4, 0.5) is 0 Å². The predicted octanol–water partition coefficient (Wildman–Crippen LogP) is 4.27. The molecular formula is C13H19BrN2OS. The van der Waals surface area contributed by atoms with Crippen molar-refractivity contribution in [1.29, 1.82) is 0 Å². The molecule has 3 nitrogen and oxygen atoms in total. The van der Waals surface area contributed by atoms with Gasteiger partial charge in [-0.25, -0.2) is 4.98 Å². The molecule has 1 heterocycles. The minimum absolute atomic E-state index is 0.267. The van der Waals surface area contributed by atoms with Crippen LogP contribution in [0.5, 0.6) is 0 Å². The van der Waals surface area contributed by atoms with E-state index < -0.39 is 0 Å². The molecule has 0 radical (unpaired) electrons. The zero-order chi connectivity index (χ0) is 13.2. The van der Waals surface area contributed by atoms with Crippen LogP contribution in [-0.4, -0.2) is 17.1 Å². The Morgan fingerprint density at radius 2 is 2.06 bits per heavy atom. The lowest BCUT2D eigenvalue weighted by Gasteiger charge is -2.35. The summed E-state index contributed by atoms with van der Waals surface area (Å²) in [5, 5.41) is 0. The zero-order valence-corrected chi connectivity index (χ0v) is 13.3. The van der Waals surface area contributed by atoms with Crippen molar-refractivity contribution in [2.75, 3.05) is 7.11 Å². The fourth-order valence-electron chi connectivity index (χ4n) is 2.63. The molecule has 5 heteroatoms. The molecule has 0 amide bonds. The number of nitrogens with one attached hydrogen (secondary N) is 1. The Bertz CT molecular complexity index is 480. The van der Waals surface area contributed by atoms with Crippen LogP contribution in [0.25, 0.3) is 0 Å². The van der Waals surface area contributed by atoms with Gasteiger partial charge < -0.3 is 9.72 Å². The average Bonchev–Trinajstić information content (AvgIpc) is 2.42. The number of hydrogen-bond acceptors (Lipinski definition) is 3. The number of methoxy groups -OCH3 is 1. The number of H-pyrrole nitrogens is 1. The third kappa shape index (κ3) is 2.53. The van der Waals surface area contributed by atoms with E-state index in [1.54, 1.807) is 7.11 Å². The number of nitrogens with zero attached hydrogens (tertiary/aromatic N) is 1. The smallest absolute Gasteiger partial charge is 0.144 e. The van der Waals surface area contributed by atoms with Gasteiger partial charge in [0, 0.05) is 12.8 Å². The molecule has 1 aromatic heterocycles. The molecule has 0 aliphatic heterocycles. The van der Waals surface area contributed by atoms with E-state index in [1.165, 1.54) is 19.3 Å². The standard InChI is InChI=1S/C13H19BrN2OS/c1-3-9-10(14)11(18)16-12(15-9)13(17-2)7-5-4-6-8-13/h3-8H2,1-2H3,(H,15,16,18). The molecule has 1 saturated carbocycles. The van der Waals surface area contributed by atoms with Gasteiger partial charge in [-0.15, -0.1) is 0 Å². The summed E-state index contributed by atoms with van der Waals surface area (Å²) in [6.45, 7) is 2.11. The summed E-state index contributed by atoms with van der Waals surface area (Å²) < 4.78 is 7.34. The lowest BCUT2D eigenvalue weighted by molar-refractivity contribution is -0.0517. The minimum atomic E-state index is -0.267. The Hall–Kier alpha value is -0.260. The van der Waals surface area contributed by atoms with Gasteiger partial charge in [-0.3, -0.25) is 0 Å². The van der Waals surface area contributed by atoms with Crippen LogP contribution < -0.4 is 0 Å². The van der Waals surface area contributed by atoms with E-state index in [1.807, 2.05) is 0 Å². The Kier molecular flexibility index (Phi) is 4.56. The molecule has 0 atom stereocenters. The maximum absolute atomic E-state index is 5.80. The van der Waals surface area contributed by atoms with E-state index >= 15 is 0 Å². The summed E-state index contributed by atoms with van der Waals surface area (Å²) in [5.74, 6) is 0.898. The van der Waals surface area contributed by atoms with Crippen LogP contribution in [-0.2, 0) is 16.8 Å². The second kappa shape index (κ2) is 5.80. The molecule has 1 aromatic rings. The average molecular weight is 331 g/mol. The van der Waals surface area contributed by atoms with Gasteiger partial charge in [0.25, 0.3) is 0 Å². The molecule has 2 rings (SSSR count). The first-order chi connectivity index (χ1) is 8.63. The first kappa shape index (κ1) is 14.2. The fourth-order valence-corrected chi connectivity index (χ4v) is 3.31. The van der Waals surface area contributed by atoms with Crippen molar-refractivity contribution in [3.8, 4) is 0 Å². The number of aromatic nitrogens is 2. The van der Waals surface area contributed by atoms with Crippen molar-refractivity contribution in [3.05, 3.63) is 20.6 Å². The Labute approximate surface area is 121 Å². The van der Waals surface area contributed by atoms with Gasteiger partial charge in [0.05, 0.1) is 4.47 Å². The summed E-state index contributed by atoms with van der Waals surface area (Å²) in [7, 11) is 1.78. The highest BCUT2D eigenvalue weighted by atomic mass is 79.9. The molecule has 100 valence electrons. The normalized spacial score (nSPS) is 18.8. The zero-order valence-electron chi connectivity index (χ0n) is 10.9. The molecule has 1 aliphatic rings. The van der Waals surface area contributed by atoms with Crippen molar-refractivity contribution in [3.63, 3.8) is 0 Å². The monoisotopic (exact) mass is 330 g/mol. The third-order valence-corrected chi connectivity index (χ3v) is 5.18. The van der Waals surface area contributed by atoms with Gasteiger partial charge in [-0.05, 0) is 35.2 Å². The highest BCUT2D eigenvalue weighted by Gasteiger charge is 2.36. The Balaban J connectivity index is 2.48. The van der Waals surface area contributed by atoms with Crippen LogP contribution in [0.3, 0.4) is 0 Å². The molecule has 0 bridgehead atoms. The molecule has 0 saturated heterocycles. The van der Waals surface area contributed by atoms with Crippen molar-refractivity contribution in [2.24, 2.45) is 0 Å². The van der Waals surface area contributed by atoms with E-state index in [0.29, 0.717) is 4.64 Å². The fraction of sp³-hybridized carbons (Fsp3) is 0.692. The molecule has 18 heavy (non-hydrogen) atoms. The number of aryl methyl sites for hydroxylation is 1. The highest BCUT2D eigenvalue weighted by molar-refractivity contribution is 9.10. The first-order valence-electron chi connectivity index (χ1n) is 6.47. The quantitative estimate of drug-likeness (QED) is 0.841. The molecule has 1 N–H and O–H groups in total. The van der Waals surface area contributed by atoms with Gasteiger partial charge in [-0.2, -0.15) is 0 Å². The maximum Gasteiger partial charge on any atom is 0.144 e. The number of aromatic amines is 1. The number of ether oxygens (including phenoxy) is 1. The van der Waals surface area contributed by atoms with Crippen LogP contribution >= 0.6 is 28.1 Å². The summed E-state index contributed by atoms with van der Waals surface area (Å²) in [5.41, 5.74) is 0.836. The molecule has 0 unspecified atom stereocenters. The van der Waals surface area contributed by atoms with Crippen molar-refractivity contribution >= 4 is 28.1 Å². The van der Waals surface area contributed by atoms with E-state index in [2.05, 4.69) is 32.8 Å². The molecule has 1 aliphatic carbocycles. The van der Waals surface area contributed by atoms with Crippen molar-refractivity contribution in [2.45, 2.75) is 51.0 Å². The SMILES string of the molecule is CCc1[nH]c(C2(OC)CCCCC2)nc(=S)c1Br. The number of rotatable bonds is 3. The Morgan fingerprint density at radius 3 is 2.61 bits per heavy atom. The largest absolute Gasteiger partial charge is 0.370 e. The van der Waals surface area contributed by atoms with Gasteiger partial charge in [0.15, 0.2) is 0 Å². The lowest BCUT2D eigenvalue weighted by Crippen LogP contribution is -2.33. The number of hydrogen-bond donors (Lipinski definition) is 1. The van der Waals surface area contributed by atoms with E-state index in [0.717, 1.165) is 35.3 Å². The Morgan fingerprint density at radius 1 is 1.39 bits per heavy atom. The van der Waals surface area contributed by atoms with E-state index in [9.17, 15) is 0 Å².